The van der Waals surface area contributed by atoms with Gasteiger partial charge in [-0.25, -0.2) is 4.99 Å². The van der Waals surface area contributed by atoms with Gasteiger partial charge < -0.3 is 20.4 Å². The summed E-state index contributed by atoms with van der Waals surface area (Å²) in [7, 11) is 1.87. The lowest BCUT2D eigenvalue weighted by molar-refractivity contribution is -0.131. The van der Waals surface area contributed by atoms with Gasteiger partial charge in [0.2, 0.25) is 11.8 Å². The van der Waals surface area contributed by atoms with E-state index in [2.05, 4.69) is 15.6 Å². The molecular formula is C22H36IN5O2. The van der Waals surface area contributed by atoms with E-state index in [1.165, 1.54) is 0 Å². The summed E-state index contributed by atoms with van der Waals surface area (Å²) in [5, 5.41) is 6.25. The van der Waals surface area contributed by atoms with Crippen molar-refractivity contribution in [3.05, 3.63) is 29.8 Å². The molecule has 0 bridgehead atoms. The standard InChI is InChI=1S/C22H35N5O2.HI/c1-5-23-22(26(4)16-20(28)27(6-2)7-3)24-15-17-10-8-13-19(14-17)25-21(29)18-11-9-12-18;/h8,10,13-14,18H,5-7,9,11-12,15-16H2,1-4H3,(H,23,24)(H,25,29);1H. The third-order valence-corrected chi connectivity index (χ3v) is 5.27. The summed E-state index contributed by atoms with van der Waals surface area (Å²) in [6, 6.07) is 7.80. The summed E-state index contributed by atoms with van der Waals surface area (Å²) >= 11 is 0. The molecule has 2 N–H and O–H groups in total. The number of carbonyl (C=O) groups excluding carboxylic acids is 2. The number of anilines is 1. The largest absolute Gasteiger partial charge is 0.357 e. The molecule has 7 nitrogen and oxygen atoms in total. The molecule has 2 rings (SSSR count). The average Bonchev–Trinajstić information content (AvgIpc) is 2.64. The number of nitrogens with one attached hydrogen (secondary N) is 2. The molecule has 0 aliphatic heterocycles. The first-order valence-electron chi connectivity index (χ1n) is 10.6. The van der Waals surface area contributed by atoms with Gasteiger partial charge in [-0.1, -0.05) is 18.6 Å². The Kier molecular flexibility index (Phi) is 11.8. The lowest BCUT2D eigenvalue weighted by Gasteiger charge is -2.25. The minimum Gasteiger partial charge on any atom is -0.357 e. The van der Waals surface area contributed by atoms with Crippen molar-refractivity contribution in [1.29, 1.82) is 0 Å². The van der Waals surface area contributed by atoms with Gasteiger partial charge in [0.05, 0.1) is 13.1 Å². The van der Waals surface area contributed by atoms with Crippen molar-refractivity contribution < 1.29 is 9.59 Å². The van der Waals surface area contributed by atoms with E-state index < -0.39 is 0 Å². The fraction of sp³-hybridized carbons (Fsp3) is 0.591. The van der Waals surface area contributed by atoms with E-state index in [1.54, 1.807) is 0 Å². The van der Waals surface area contributed by atoms with E-state index in [-0.39, 0.29) is 48.3 Å². The molecule has 1 fully saturated rings. The van der Waals surface area contributed by atoms with Crippen LogP contribution in [0.4, 0.5) is 5.69 Å². The normalized spacial score (nSPS) is 13.7. The van der Waals surface area contributed by atoms with E-state index in [0.717, 1.165) is 37.1 Å². The van der Waals surface area contributed by atoms with Crippen molar-refractivity contribution in [3.8, 4) is 0 Å². The average molecular weight is 529 g/mol. The third kappa shape index (κ3) is 7.77. The highest BCUT2D eigenvalue weighted by molar-refractivity contribution is 14.0. The predicted molar refractivity (Wildman–Crippen MR) is 133 cm³/mol. The van der Waals surface area contributed by atoms with Crippen molar-refractivity contribution in [2.45, 2.75) is 46.6 Å². The summed E-state index contributed by atoms with van der Waals surface area (Å²) < 4.78 is 0. The van der Waals surface area contributed by atoms with Crippen LogP contribution >= 0.6 is 24.0 Å². The number of guanidine groups is 1. The van der Waals surface area contributed by atoms with E-state index in [0.29, 0.717) is 25.6 Å². The van der Waals surface area contributed by atoms with Gasteiger partial charge in [-0.3, -0.25) is 9.59 Å². The van der Waals surface area contributed by atoms with Crippen LogP contribution in [0.1, 0.15) is 45.6 Å². The molecule has 0 aromatic heterocycles. The number of hydrogen-bond acceptors (Lipinski definition) is 3. The number of amides is 2. The molecule has 1 aliphatic rings. The van der Waals surface area contributed by atoms with Gasteiger partial charge in [0, 0.05) is 38.3 Å². The fourth-order valence-corrected chi connectivity index (χ4v) is 3.25. The maximum Gasteiger partial charge on any atom is 0.242 e. The number of benzene rings is 1. The van der Waals surface area contributed by atoms with E-state index in [4.69, 9.17) is 0 Å². The second-order valence-corrected chi connectivity index (χ2v) is 7.41. The molecule has 1 aromatic carbocycles. The maximum atomic E-state index is 12.4. The maximum absolute atomic E-state index is 12.4. The fourth-order valence-electron chi connectivity index (χ4n) is 3.25. The Morgan fingerprint density at radius 1 is 1.17 bits per heavy atom. The molecule has 0 heterocycles. The first-order valence-corrected chi connectivity index (χ1v) is 10.6. The quantitative estimate of drug-likeness (QED) is 0.293. The number of halogens is 1. The van der Waals surface area contributed by atoms with Gasteiger partial charge in [-0.05, 0) is 51.3 Å². The van der Waals surface area contributed by atoms with Crippen LogP contribution in [0.15, 0.2) is 29.3 Å². The highest BCUT2D eigenvalue weighted by Crippen LogP contribution is 2.27. The number of rotatable bonds is 9. The topological polar surface area (TPSA) is 77.0 Å². The Balaban J connectivity index is 0.00000450. The molecule has 0 radical (unpaired) electrons. The molecule has 0 unspecified atom stereocenters. The van der Waals surface area contributed by atoms with Crippen LogP contribution in [-0.2, 0) is 16.1 Å². The highest BCUT2D eigenvalue weighted by atomic mass is 127. The van der Waals surface area contributed by atoms with Crippen molar-refractivity contribution in [3.63, 3.8) is 0 Å². The van der Waals surface area contributed by atoms with E-state index in [9.17, 15) is 9.59 Å². The molecule has 0 saturated heterocycles. The van der Waals surface area contributed by atoms with Gasteiger partial charge >= 0.3 is 0 Å². The second kappa shape index (κ2) is 13.5. The molecule has 1 aromatic rings. The van der Waals surface area contributed by atoms with Gasteiger partial charge in [0.25, 0.3) is 0 Å². The summed E-state index contributed by atoms with van der Waals surface area (Å²) in [4.78, 5) is 32.9. The monoisotopic (exact) mass is 529 g/mol. The van der Waals surface area contributed by atoms with Crippen LogP contribution in [0.5, 0.6) is 0 Å². The number of likely N-dealkylation sites (N-methyl/N-ethyl adjacent to an activating group) is 2. The summed E-state index contributed by atoms with van der Waals surface area (Å²) in [5.41, 5.74) is 1.82. The van der Waals surface area contributed by atoms with Crippen LogP contribution in [0.3, 0.4) is 0 Å². The summed E-state index contributed by atoms with van der Waals surface area (Å²) in [6.07, 6.45) is 3.12. The molecule has 2 amide bonds. The zero-order valence-corrected chi connectivity index (χ0v) is 20.9. The molecular weight excluding hydrogens is 493 g/mol. The number of carbonyl (C=O) groups is 2. The van der Waals surface area contributed by atoms with Crippen LogP contribution in [-0.4, -0.2) is 60.8 Å². The van der Waals surface area contributed by atoms with Gasteiger partial charge in [-0.2, -0.15) is 0 Å². The SMILES string of the molecule is CCNC(=NCc1cccc(NC(=O)C2CCC2)c1)N(C)CC(=O)N(CC)CC.I. The second-order valence-electron chi connectivity index (χ2n) is 7.41. The Morgan fingerprint density at radius 3 is 2.43 bits per heavy atom. The molecule has 30 heavy (non-hydrogen) atoms. The minimum atomic E-state index is 0. The molecule has 0 atom stereocenters. The van der Waals surface area contributed by atoms with Crippen LogP contribution in [0.25, 0.3) is 0 Å². The predicted octanol–water partition coefficient (Wildman–Crippen LogP) is 3.31. The number of hydrogen-bond donors (Lipinski definition) is 2. The van der Waals surface area contributed by atoms with Crippen LogP contribution in [0, 0.1) is 5.92 Å². The molecule has 1 aliphatic carbocycles. The number of nitrogens with zero attached hydrogens (tertiary/aromatic N) is 3. The smallest absolute Gasteiger partial charge is 0.242 e. The van der Waals surface area contributed by atoms with E-state index in [1.807, 2.05) is 61.9 Å². The van der Waals surface area contributed by atoms with Crippen molar-refractivity contribution in [2.24, 2.45) is 10.9 Å². The first kappa shape index (κ1) is 26.2. The van der Waals surface area contributed by atoms with Crippen molar-refractivity contribution in [1.82, 2.24) is 15.1 Å². The lowest BCUT2D eigenvalue weighted by atomic mass is 9.85. The third-order valence-electron chi connectivity index (χ3n) is 5.27. The summed E-state index contributed by atoms with van der Waals surface area (Å²) in [5.74, 6) is 1.05. The van der Waals surface area contributed by atoms with Crippen LogP contribution < -0.4 is 10.6 Å². The van der Waals surface area contributed by atoms with Gasteiger partial charge in [0.15, 0.2) is 5.96 Å². The Labute approximate surface area is 197 Å². The van der Waals surface area contributed by atoms with Crippen LogP contribution in [0.2, 0.25) is 0 Å². The molecule has 1 saturated carbocycles. The van der Waals surface area contributed by atoms with Crippen molar-refractivity contribution in [2.75, 3.05) is 38.5 Å². The zero-order valence-electron chi connectivity index (χ0n) is 18.6. The van der Waals surface area contributed by atoms with Gasteiger partial charge in [-0.15, -0.1) is 24.0 Å². The summed E-state index contributed by atoms with van der Waals surface area (Å²) in [6.45, 7) is 8.86. The Bertz CT molecular complexity index is 717. The van der Waals surface area contributed by atoms with Crippen molar-refractivity contribution >= 4 is 47.4 Å². The first-order chi connectivity index (χ1) is 14.0. The Morgan fingerprint density at radius 2 is 1.87 bits per heavy atom. The lowest BCUT2D eigenvalue weighted by Crippen LogP contribution is -2.45. The zero-order chi connectivity index (χ0) is 21.2. The van der Waals surface area contributed by atoms with Gasteiger partial charge in [0.1, 0.15) is 0 Å². The minimum absolute atomic E-state index is 0. The number of aliphatic imine (C=N–C) groups is 1. The molecule has 168 valence electrons. The Hall–Kier alpha value is -1.84. The molecule has 0 spiro atoms. The molecule has 8 heteroatoms. The highest BCUT2D eigenvalue weighted by Gasteiger charge is 2.25. The van der Waals surface area contributed by atoms with E-state index >= 15 is 0 Å².